The molecule has 1 heteroatoms. The summed E-state index contributed by atoms with van der Waals surface area (Å²) in [6.07, 6.45) is 0. The van der Waals surface area contributed by atoms with Gasteiger partial charge in [0.25, 0.3) is 0 Å². The van der Waals surface area contributed by atoms with Crippen molar-refractivity contribution in [3.63, 3.8) is 0 Å². The molecule has 0 saturated heterocycles. The van der Waals surface area contributed by atoms with E-state index in [4.69, 9.17) is 0 Å². The fraction of sp³-hybridized carbons (Fsp3) is 0.306. The summed E-state index contributed by atoms with van der Waals surface area (Å²) in [6, 6.07) is 50.2. The van der Waals surface area contributed by atoms with Crippen LogP contribution in [0.15, 0.2) is 127 Å². The maximum atomic E-state index is 13.5. The van der Waals surface area contributed by atoms with Crippen LogP contribution < -0.4 is 0 Å². The predicted molar refractivity (Wildman–Crippen MR) is 264 cm³/mol. The van der Waals surface area contributed by atoms with E-state index in [1.54, 1.807) is 6.92 Å². The lowest BCUT2D eigenvalue weighted by Gasteiger charge is -2.34. The molecule has 0 aromatic heterocycles. The van der Waals surface area contributed by atoms with Crippen LogP contribution in [0.4, 0.5) is 0 Å². The Balaban J connectivity index is 1.32. The van der Waals surface area contributed by atoms with E-state index in [-0.39, 0.29) is 27.4 Å². The highest BCUT2D eigenvalue weighted by atomic mass is 16.1. The van der Waals surface area contributed by atoms with Crippen molar-refractivity contribution in [3.8, 4) is 44.5 Å². The molecule has 314 valence electrons. The molecule has 0 aliphatic heterocycles. The molecule has 0 unspecified atom stereocenters. The highest BCUT2D eigenvalue weighted by Gasteiger charge is 2.57. The van der Waals surface area contributed by atoms with Crippen LogP contribution in [-0.2, 0) is 32.5 Å². The first-order valence-corrected chi connectivity index (χ1v) is 23.1. The highest BCUT2D eigenvalue weighted by Crippen LogP contribution is 2.68. The average molecular weight is 821 g/mol. The summed E-state index contributed by atoms with van der Waals surface area (Å²) in [6.45, 7) is 29.7. The van der Waals surface area contributed by atoms with Crippen molar-refractivity contribution in [2.75, 3.05) is 0 Å². The van der Waals surface area contributed by atoms with Crippen LogP contribution >= 0.6 is 0 Å². The number of ketones is 1. The van der Waals surface area contributed by atoms with Crippen molar-refractivity contribution in [3.05, 3.63) is 200 Å². The molecule has 7 aromatic rings. The fourth-order valence-electron chi connectivity index (χ4n) is 12.0. The Morgan fingerprint density at radius 2 is 0.603 bits per heavy atom. The molecule has 0 amide bonds. The molecule has 2 spiro atoms. The van der Waals surface area contributed by atoms with Gasteiger partial charge in [0.15, 0.2) is 5.78 Å². The van der Waals surface area contributed by atoms with Crippen molar-refractivity contribution in [1.82, 2.24) is 0 Å². The summed E-state index contributed by atoms with van der Waals surface area (Å²) in [5.41, 5.74) is 25.7. The van der Waals surface area contributed by atoms with Gasteiger partial charge in [-0.2, -0.15) is 0 Å². The van der Waals surface area contributed by atoms with Gasteiger partial charge in [-0.1, -0.05) is 192 Å². The Kier molecular flexibility index (Phi) is 7.92. The van der Waals surface area contributed by atoms with Crippen molar-refractivity contribution in [2.45, 2.75) is 122 Å². The summed E-state index contributed by atoms with van der Waals surface area (Å²) in [4.78, 5) is 13.5. The lowest BCUT2D eigenvalue weighted by atomic mass is 9.67. The van der Waals surface area contributed by atoms with E-state index in [1.165, 1.54) is 111 Å². The highest BCUT2D eigenvalue weighted by molar-refractivity contribution is 6.03. The number of carbonyl (C=O) groups excluding carboxylic acids is 1. The normalized spacial score (nSPS) is 15.7. The Morgan fingerprint density at radius 1 is 0.317 bits per heavy atom. The van der Waals surface area contributed by atoms with Crippen LogP contribution in [0, 0.1) is 0 Å². The molecular formula is C62H60O. The minimum Gasteiger partial charge on any atom is -0.295 e. The van der Waals surface area contributed by atoms with E-state index in [0.29, 0.717) is 0 Å². The number of carbonyl (C=O) groups is 1. The standard InChI is InChI=1S/C62H60O/c1-35(63)36-18-23-46-48-34-55-47(33-56(48)62(50(46)28-36)53-31-39(59(8,9)10)21-26-44(53)45-27-22-40(32-54(45)62)60(11,12)13)41-16-14-15-17-49(41)61(55)51-29-37(57(2,3)4)19-24-42(51)43-25-20-38(30-52(43)61)58(5,6)7/h14-34H,1-13H3. The lowest BCUT2D eigenvalue weighted by molar-refractivity contribution is 0.101. The minimum atomic E-state index is -0.632. The first kappa shape index (κ1) is 40.0. The van der Waals surface area contributed by atoms with Gasteiger partial charge in [0.2, 0.25) is 0 Å². The van der Waals surface area contributed by atoms with Crippen LogP contribution in [0.5, 0.6) is 0 Å². The molecule has 1 nitrogen and oxygen atoms in total. The second-order valence-electron chi connectivity index (χ2n) is 23.3. The SMILES string of the molecule is CC(=O)c1ccc2c(c1)C1(c3cc(C(C)(C)C)ccc3-c3ccc(C(C)(C)C)cc31)c1cc3c(cc1-2)C1(c2ccccc2-3)c2cc(C(C)(C)C)ccc2-c2ccc(C(C)(C)C)cc21. The van der Waals surface area contributed by atoms with E-state index in [0.717, 1.165) is 5.56 Å². The minimum absolute atomic E-state index is 0.0265. The number of rotatable bonds is 1. The number of benzene rings is 7. The van der Waals surface area contributed by atoms with Gasteiger partial charge in [-0.3, -0.25) is 4.79 Å². The zero-order valence-electron chi connectivity index (χ0n) is 39.5. The van der Waals surface area contributed by atoms with Crippen molar-refractivity contribution >= 4 is 5.78 Å². The number of hydrogen-bond donors (Lipinski definition) is 0. The quantitative estimate of drug-likeness (QED) is 0.151. The van der Waals surface area contributed by atoms with Crippen LogP contribution in [0.25, 0.3) is 44.5 Å². The van der Waals surface area contributed by atoms with Gasteiger partial charge in [-0.15, -0.1) is 0 Å². The Hall–Kier alpha value is -5.79. The molecule has 0 fully saturated rings. The summed E-state index contributed by atoms with van der Waals surface area (Å²) in [5, 5.41) is 0. The summed E-state index contributed by atoms with van der Waals surface area (Å²) in [7, 11) is 0. The first-order valence-electron chi connectivity index (χ1n) is 23.1. The second-order valence-corrected chi connectivity index (χ2v) is 23.3. The number of fused-ring (bicyclic) bond motifs is 20. The molecule has 7 aromatic carbocycles. The molecular weight excluding hydrogens is 761 g/mol. The molecule has 63 heavy (non-hydrogen) atoms. The van der Waals surface area contributed by atoms with Gasteiger partial charge in [-0.25, -0.2) is 0 Å². The monoisotopic (exact) mass is 820 g/mol. The van der Waals surface area contributed by atoms with E-state index in [1.807, 2.05) is 0 Å². The van der Waals surface area contributed by atoms with Crippen molar-refractivity contribution in [2.24, 2.45) is 0 Å². The van der Waals surface area contributed by atoms with Crippen LogP contribution in [0.2, 0.25) is 0 Å². The van der Waals surface area contributed by atoms with Crippen molar-refractivity contribution in [1.29, 1.82) is 0 Å². The largest absolute Gasteiger partial charge is 0.295 e. The number of Topliss-reactive ketones (excluding diaryl/α,β-unsaturated/α-hetero) is 1. The summed E-state index contributed by atoms with van der Waals surface area (Å²) >= 11 is 0. The Labute approximate surface area is 375 Å². The van der Waals surface area contributed by atoms with Crippen LogP contribution in [-0.4, -0.2) is 5.78 Å². The van der Waals surface area contributed by atoms with Gasteiger partial charge < -0.3 is 0 Å². The maximum absolute atomic E-state index is 13.5. The molecule has 11 rings (SSSR count). The van der Waals surface area contributed by atoms with Gasteiger partial charge in [0, 0.05) is 5.56 Å². The molecule has 4 aliphatic rings. The smallest absolute Gasteiger partial charge is 0.159 e. The summed E-state index contributed by atoms with van der Waals surface area (Å²) < 4.78 is 0. The Bertz CT molecular complexity index is 3050. The molecule has 4 aliphatic carbocycles. The van der Waals surface area contributed by atoms with E-state index < -0.39 is 10.8 Å². The van der Waals surface area contributed by atoms with Gasteiger partial charge in [0.1, 0.15) is 0 Å². The van der Waals surface area contributed by atoms with E-state index in [9.17, 15) is 4.79 Å². The fourth-order valence-corrected chi connectivity index (χ4v) is 12.0. The van der Waals surface area contributed by atoms with E-state index in [2.05, 4.69) is 210 Å². The number of hydrogen-bond acceptors (Lipinski definition) is 1. The molecule has 0 bridgehead atoms. The Morgan fingerprint density at radius 3 is 0.968 bits per heavy atom. The molecule has 0 heterocycles. The third kappa shape index (κ3) is 5.20. The van der Waals surface area contributed by atoms with Gasteiger partial charge >= 0.3 is 0 Å². The topological polar surface area (TPSA) is 17.1 Å². The second kappa shape index (κ2) is 12.5. The molecule has 0 N–H and O–H groups in total. The average Bonchev–Trinajstić information content (AvgIpc) is 3.88. The predicted octanol–water partition coefficient (Wildman–Crippen LogP) is 15.8. The third-order valence-electron chi connectivity index (χ3n) is 15.4. The van der Waals surface area contributed by atoms with Crippen LogP contribution in [0.1, 0.15) is 167 Å². The lowest BCUT2D eigenvalue weighted by Crippen LogP contribution is -2.29. The van der Waals surface area contributed by atoms with Gasteiger partial charge in [0.05, 0.1) is 10.8 Å². The molecule has 0 saturated carbocycles. The van der Waals surface area contributed by atoms with Crippen LogP contribution in [0.3, 0.4) is 0 Å². The third-order valence-corrected chi connectivity index (χ3v) is 15.4. The molecule has 0 atom stereocenters. The first-order chi connectivity index (χ1) is 29.6. The molecule has 0 radical (unpaired) electrons. The maximum Gasteiger partial charge on any atom is 0.159 e. The van der Waals surface area contributed by atoms with Crippen molar-refractivity contribution < 1.29 is 4.79 Å². The van der Waals surface area contributed by atoms with E-state index >= 15 is 0 Å². The van der Waals surface area contributed by atoms with Gasteiger partial charge in [-0.05, 0) is 158 Å². The zero-order valence-corrected chi connectivity index (χ0v) is 39.5. The zero-order chi connectivity index (χ0) is 44.6. The summed E-state index contributed by atoms with van der Waals surface area (Å²) in [5.74, 6) is 0.0908.